The van der Waals surface area contributed by atoms with Crippen molar-refractivity contribution in [3.8, 4) is 0 Å². The maximum Gasteiger partial charge on any atom is 0.220 e. The summed E-state index contributed by atoms with van der Waals surface area (Å²) in [4.78, 5) is 27.7. The number of carbonyl (C=O) groups excluding carboxylic acids is 2. The Morgan fingerprint density at radius 3 is 2.38 bits per heavy atom. The number of hydrogen-bond acceptors (Lipinski definition) is 3. The van der Waals surface area contributed by atoms with Gasteiger partial charge in [0.25, 0.3) is 0 Å². The van der Waals surface area contributed by atoms with Crippen LogP contribution in [0, 0.1) is 6.92 Å². The van der Waals surface area contributed by atoms with Gasteiger partial charge in [0.2, 0.25) is 5.91 Å². The summed E-state index contributed by atoms with van der Waals surface area (Å²) in [5.74, 6) is 0.0125. The molecule has 0 unspecified atom stereocenters. The Kier molecular flexibility index (Phi) is 7.75. The van der Waals surface area contributed by atoms with Crippen molar-refractivity contribution in [1.29, 1.82) is 0 Å². The van der Waals surface area contributed by atoms with E-state index < -0.39 is 0 Å². The minimum absolute atomic E-state index is 0.0207. The first-order chi connectivity index (χ1) is 15.6. The number of likely N-dealkylation sites (tertiary alicyclic amines) is 1. The lowest BCUT2D eigenvalue weighted by Crippen LogP contribution is -2.44. The summed E-state index contributed by atoms with van der Waals surface area (Å²) >= 11 is 0. The fourth-order valence-electron chi connectivity index (χ4n) is 5.05. The molecule has 1 fully saturated rings. The number of rotatable bonds is 9. The summed E-state index contributed by atoms with van der Waals surface area (Å²) in [6.07, 6.45) is 8.76. The van der Waals surface area contributed by atoms with Crippen LogP contribution in [0.1, 0.15) is 71.1 Å². The lowest BCUT2D eigenvalue weighted by molar-refractivity contribution is -0.121. The van der Waals surface area contributed by atoms with Gasteiger partial charge in [0.15, 0.2) is 5.78 Å². The zero-order valence-electron chi connectivity index (χ0n) is 19.4. The van der Waals surface area contributed by atoms with Crippen LogP contribution < -0.4 is 5.32 Å². The first kappa shape index (κ1) is 22.7. The number of benzene rings is 2. The van der Waals surface area contributed by atoms with Gasteiger partial charge < -0.3 is 10.2 Å². The van der Waals surface area contributed by atoms with Gasteiger partial charge in [-0.1, -0.05) is 48.0 Å². The van der Waals surface area contributed by atoms with Gasteiger partial charge in [-0.2, -0.15) is 0 Å². The van der Waals surface area contributed by atoms with Gasteiger partial charge in [-0.05, 0) is 81.6 Å². The van der Waals surface area contributed by atoms with E-state index in [-0.39, 0.29) is 30.6 Å². The smallest absolute Gasteiger partial charge is 0.220 e. The zero-order valence-corrected chi connectivity index (χ0v) is 19.4. The van der Waals surface area contributed by atoms with E-state index in [9.17, 15) is 9.59 Å². The third-order valence-electron chi connectivity index (χ3n) is 6.89. The van der Waals surface area contributed by atoms with E-state index in [0.717, 1.165) is 31.6 Å². The number of amides is 1. The number of nitrogens with one attached hydrogen (secondary N) is 1. The Balaban J connectivity index is 1.35. The van der Waals surface area contributed by atoms with Crippen LogP contribution in [-0.4, -0.2) is 42.3 Å². The normalized spacial score (nSPS) is 17.0. The third kappa shape index (κ3) is 6.29. The maximum absolute atomic E-state index is 12.8. The topological polar surface area (TPSA) is 49.4 Å². The molecular formula is C28H36N2O2. The fraction of sp³-hybridized carbons (Fsp3) is 0.500. The number of nitrogens with zero attached hydrogens (tertiary/aromatic N) is 1. The Labute approximate surface area is 192 Å². The quantitative estimate of drug-likeness (QED) is 0.586. The molecule has 0 bridgehead atoms. The molecule has 0 radical (unpaired) electrons. The van der Waals surface area contributed by atoms with E-state index in [1.807, 2.05) is 31.2 Å². The molecule has 1 saturated heterocycles. The van der Waals surface area contributed by atoms with E-state index >= 15 is 0 Å². The molecule has 0 aromatic heterocycles. The number of hydrogen-bond donors (Lipinski definition) is 1. The molecule has 4 heteroatoms. The van der Waals surface area contributed by atoms with Crippen LogP contribution in [0.4, 0.5) is 0 Å². The summed E-state index contributed by atoms with van der Waals surface area (Å²) in [5, 5.41) is 3.26. The monoisotopic (exact) mass is 432 g/mol. The molecule has 1 amide bonds. The van der Waals surface area contributed by atoms with Crippen molar-refractivity contribution < 1.29 is 9.59 Å². The Morgan fingerprint density at radius 1 is 0.906 bits per heavy atom. The van der Waals surface area contributed by atoms with Gasteiger partial charge in [-0.15, -0.1) is 0 Å². The molecule has 0 saturated carbocycles. The maximum atomic E-state index is 12.8. The summed E-state index contributed by atoms with van der Waals surface area (Å²) < 4.78 is 0. The van der Waals surface area contributed by atoms with E-state index in [1.54, 1.807) is 0 Å². The molecule has 1 aliphatic carbocycles. The summed E-state index contributed by atoms with van der Waals surface area (Å²) in [7, 11) is 0. The van der Waals surface area contributed by atoms with Gasteiger partial charge >= 0.3 is 0 Å². The number of fused-ring (bicyclic) bond motifs is 1. The molecule has 4 nitrogen and oxygen atoms in total. The van der Waals surface area contributed by atoms with E-state index in [0.29, 0.717) is 5.56 Å². The number of Topliss-reactive ketones (excluding diaryl/α,β-unsaturated/α-hetero) is 1. The van der Waals surface area contributed by atoms with Gasteiger partial charge in [0.1, 0.15) is 0 Å². The van der Waals surface area contributed by atoms with Crippen molar-refractivity contribution in [2.75, 3.05) is 19.6 Å². The van der Waals surface area contributed by atoms with Gasteiger partial charge in [-0.25, -0.2) is 0 Å². The predicted octanol–water partition coefficient (Wildman–Crippen LogP) is 4.66. The molecule has 1 heterocycles. The highest BCUT2D eigenvalue weighted by Gasteiger charge is 2.21. The number of aryl methyl sites for hydroxylation is 3. The minimum atomic E-state index is -0.0207. The second-order valence-corrected chi connectivity index (χ2v) is 9.58. The van der Waals surface area contributed by atoms with Crippen LogP contribution in [0.15, 0.2) is 42.5 Å². The third-order valence-corrected chi connectivity index (χ3v) is 6.89. The molecule has 0 spiro atoms. The summed E-state index contributed by atoms with van der Waals surface area (Å²) in [6.45, 7) is 5.12. The minimum Gasteiger partial charge on any atom is -0.352 e. The molecule has 2 aliphatic rings. The molecular weight excluding hydrogens is 396 g/mol. The lowest BCUT2D eigenvalue weighted by atomic mass is 9.89. The van der Waals surface area contributed by atoms with E-state index in [4.69, 9.17) is 0 Å². The highest BCUT2D eigenvalue weighted by Crippen LogP contribution is 2.23. The van der Waals surface area contributed by atoms with Crippen LogP contribution in [0.3, 0.4) is 0 Å². The fourth-order valence-corrected chi connectivity index (χ4v) is 5.05. The Hall–Kier alpha value is -2.46. The zero-order chi connectivity index (χ0) is 22.3. The first-order valence-electron chi connectivity index (χ1n) is 12.3. The molecule has 1 aliphatic heterocycles. The summed E-state index contributed by atoms with van der Waals surface area (Å²) in [5.41, 5.74) is 6.11. The van der Waals surface area contributed by atoms with Gasteiger partial charge in [-0.3, -0.25) is 9.59 Å². The van der Waals surface area contributed by atoms with Gasteiger partial charge in [0.05, 0.1) is 0 Å². The van der Waals surface area contributed by atoms with Crippen molar-refractivity contribution in [3.63, 3.8) is 0 Å². The van der Waals surface area contributed by atoms with Crippen LogP contribution in [-0.2, 0) is 24.1 Å². The van der Waals surface area contributed by atoms with Crippen LogP contribution >= 0.6 is 0 Å². The molecule has 1 atom stereocenters. The van der Waals surface area contributed by atoms with Crippen molar-refractivity contribution in [3.05, 3.63) is 70.3 Å². The SMILES string of the molecule is Cc1ccc(C(=O)CCC(=O)N[C@@H](Cc2ccc3c(c2)CCCC3)CN2CCCC2)cc1. The molecule has 32 heavy (non-hydrogen) atoms. The molecule has 2 aromatic carbocycles. The van der Waals surface area contributed by atoms with Crippen molar-refractivity contribution in [2.45, 2.75) is 70.8 Å². The van der Waals surface area contributed by atoms with Crippen molar-refractivity contribution in [1.82, 2.24) is 10.2 Å². The standard InChI is InChI=1S/C28H36N2O2/c1-21-8-11-24(12-9-21)27(31)14-15-28(32)29-26(20-30-16-4-5-17-30)19-22-10-13-23-6-2-3-7-25(23)18-22/h8-13,18,26H,2-7,14-17,19-20H2,1H3,(H,29,32)/t26-/m0/s1. The second-order valence-electron chi connectivity index (χ2n) is 9.58. The second kappa shape index (κ2) is 10.9. The van der Waals surface area contributed by atoms with Crippen LogP contribution in [0.5, 0.6) is 0 Å². The number of carbonyl (C=O) groups is 2. The Bertz CT molecular complexity index is 929. The highest BCUT2D eigenvalue weighted by molar-refractivity contribution is 5.98. The van der Waals surface area contributed by atoms with Crippen molar-refractivity contribution >= 4 is 11.7 Å². The Morgan fingerprint density at radius 2 is 1.62 bits per heavy atom. The average molecular weight is 433 g/mol. The van der Waals surface area contributed by atoms with Crippen LogP contribution in [0.2, 0.25) is 0 Å². The van der Waals surface area contributed by atoms with Crippen LogP contribution in [0.25, 0.3) is 0 Å². The highest BCUT2D eigenvalue weighted by atomic mass is 16.2. The van der Waals surface area contributed by atoms with E-state index in [2.05, 4.69) is 28.4 Å². The molecule has 2 aromatic rings. The lowest BCUT2D eigenvalue weighted by Gasteiger charge is -2.25. The largest absolute Gasteiger partial charge is 0.352 e. The summed E-state index contributed by atoms with van der Waals surface area (Å²) in [6, 6.07) is 14.6. The molecule has 1 N–H and O–H groups in total. The average Bonchev–Trinajstić information content (AvgIpc) is 3.31. The van der Waals surface area contributed by atoms with E-state index in [1.165, 1.54) is 55.2 Å². The van der Waals surface area contributed by atoms with Crippen molar-refractivity contribution in [2.24, 2.45) is 0 Å². The predicted molar refractivity (Wildman–Crippen MR) is 129 cm³/mol. The van der Waals surface area contributed by atoms with Gasteiger partial charge in [0, 0.05) is 31.0 Å². The number of ketones is 1. The first-order valence-corrected chi connectivity index (χ1v) is 12.3. The molecule has 4 rings (SSSR count). The molecule has 170 valence electrons.